The lowest BCUT2D eigenvalue weighted by atomic mass is 10.2. The molecule has 0 aliphatic heterocycles. The van der Waals surface area contributed by atoms with Gasteiger partial charge < -0.3 is 0 Å². The SMILES string of the molecule is Cc1ccc(SSc2ccc(C)cc2)cc1.c1ccc(SSc2ccccc2)cc1. The van der Waals surface area contributed by atoms with Gasteiger partial charge in [0.05, 0.1) is 0 Å². The fourth-order valence-electron chi connectivity index (χ4n) is 2.33. The van der Waals surface area contributed by atoms with E-state index in [2.05, 4.69) is 111 Å². The van der Waals surface area contributed by atoms with E-state index in [0.717, 1.165) is 0 Å². The lowest BCUT2D eigenvalue weighted by molar-refractivity contribution is 1.38. The predicted molar refractivity (Wildman–Crippen MR) is 139 cm³/mol. The molecule has 4 heteroatoms. The summed E-state index contributed by atoms with van der Waals surface area (Å²) in [5.74, 6) is 0. The van der Waals surface area contributed by atoms with Crippen molar-refractivity contribution in [3.63, 3.8) is 0 Å². The van der Waals surface area contributed by atoms with Crippen LogP contribution in [-0.2, 0) is 0 Å². The second kappa shape index (κ2) is 12.9. The maximum atomic E-state index is 2.17. The van der Waals surface area contributed by atoms with Crippen molar-refractivity contribution in [2.75, 3.05) is 0 Å². The summed E-state index contributed by atoms with van der Waals surface area (Å²) in [5.41, 5.74) is 2.62. The normalized spacial score (nSPS) is 10.2. The molecule has 0 aliphatic rings. The topological polar surface area (TPSA) is 0 Å². The molecule has 0 unspecified atom stereocenters. The van der Waals surface area contributed by atoms with Crippen molar-refractivity contribution in [1.29, 1.82) is 0 Å². The van der Waals surface area contributed by atoms with Crippen LogP contribution in [-0.4, -0.2) is 0 Å². The molecular formula is C26H24S4. The molecule has 0 saturated carbocycles. The highest BCUT2D eigenvalue weighted by atomic mass is 33.1. The molecule has 0 nitrogen and oxygen atoms in total. The summed E-state index contributed by atoms with van der Waals surface area (Å²) in [6, 6.07) is 38.1. The molecular weight excluding hydrogens is 441 g/mol. The van der Waals surface area contributed by atoms with Crippen molar-refractivity contribution in [2.45, 2.75) is 33.4 Å². The minimum atomic E-state index is 1.29. The highest BCUT2D eigenvalue weighted by molar-refractivity contribution is 8.77. The van der Waals surface area contributed by atoms with E-state index in [4.69, 9.17) is 0 Å². The van der Waals surface area contributed by atoms with E-state index in [0.29, 0.717) is 0 Å². The van der Waals surface area contributed by atoms with E-state index in [1.54, 1.807) is 43.2 Å². The van der Waals surface area contributed by atoms with Crippen molar-refractivity contribution in [3.8, 4) is 0 Å². The van der Waals surface area contributed by atoms with Crippen LogP contribution >= 0.6 is 43.2 Å². The lowest BCUT2D eigenvalue weighted by Gasteiger charge is -2.02. The van der Waals surface area contributed by atoms with Gasteiger partial charge in [-0.2, -0.15) is 0 Å². The van der Waals surface area contributed by atoms with Gasteiger partial charge in [-0.1, -0.05) is 115 Å². The van der Waals surface area contributed by atoms with Crippen molar-refractivity contribution < 1.29 is 0 Å². The third-order valence-corrected chi connectivity index (χ3v) is 8.83. The molecule has 0 fully saturated rings. The molecule has 4 rings (SSSR count). The van der Waals surface area contributed by atoms with Crippen molar-refractivity contribution in [2.24, 2.45) is 0 Å². The highest BCUT2D eigenvalue weighted by Crippen LogP contribution is 2.37. The summed E-state index contributed by atoms with van der Waals surface area (Å²) in [4.78, 5) is 5.19. The van der Waals surface area contributed by atoms with Crippen LogP contribution in [0.5, 0.6) is 0 Å². The van der Waals surface area contributed by atoms with Crippen LogP contribution in [0.2, 0.25) is 0 Å². The van der Waals surface area contributed by atoms with E-state index in [1.807, 2.05) is 12.1 Å². The molecule has 0 N–H and O–H groups in total. The van der Waals surface area contributed by atoms with Gasteiger partial charge in [0.25, 0.3) is 0 Å². The number of hydrogen-bond acceptors (Lipinski definition) is 4. The maximum absolute atomic E-state index is 2.17. The van der Waals surface area contributed by atoms with E-state index in [9.17, 15) is 0 Å². The number of aryl methyl sites for hydroxylation is 2. The number of rotatable bonds is 6. The summed E-state index contributed by atoms with van der Waals surface area (Å²) in [5, 5.41) is 0. The zero-order valence-corrected chi connectivity index (χ0v) is 20.3. The maximum Gasteiger partial charge on any atom is 0.0186 e. The zero-order valence-electron chi connectivity index (χ0n) is 17.0. The van der Waals surface area contributed by atoms with Crippen LogP contribution in [0.4, 0.5) is 0 Å². The van der Waals surface area contributed by atoms with Gasteiger partial charge in [0, 0.05) is 19.6 Å². The lowest BCUT2D eigenvalue weighted by Crippen LogP contribution is -1.73. The Morgan fingerprint density at radius 1 is 0.333 bits per heavy atom. The Bertz CT molecular complexity index is 898. The van der Waals surface area contributed by atoms with Crippen molar-refractivity contribution in [3.05, 3.63) is 120 Å². The van der Waals surface area contributed by atoms with Crippen LogP contribution in [0.3, 0.4) is 0 Å². The number of hydrogen-bond donors (Lipinski definition) is 0. The van der Waals surface area contributed by atoms with Gasteiger partial charge in [-0.3, -0.25) is 0 Å². The average molecular weight is 465 g/mol. The first kappa shape index (κ1) is 23.0. The predicted octanol–water partition coefficient (Wildman–Crippen LogP) is 9.59. The van der Waals surface area contributed by atoms with Crippen LogP contribution in [0.25, 0.3) is 0 Å². The summed E-state index contributed by atoms with van der Waals surface area (Å²) in [6.45, 7) is 4.23. The number of benzene rings is 4. The third kappa shape index (κ3) is 8.57. The summed E-state index contributed by atoms with van der Waals surface area (Å²) >= 11 is 0. The second-order valence-electron chi connectivity index (χ2n) is 6.59. The Labute approximate surface area is 196 Å². The highest BCUT2D eigenvalue weighted by Gasteiger charge is 1.97. The van der Waals surface area contributed by atoms with Crippen LogP contribution in [0.15, 0.2) is 129 Å². The summed E-state index contributed by atoms with van der Waals surface area (Å²) in [7, 11) is 7.19. The quantitative estimate of drug-likeness (QED) is 0.260. The van der Waals surface area contributed by atoms with Gasteiger partial charge >= 0.3 is 0 Å². The monoisotopic (exact) mass is 464 g/mol. The molecule has 0 heterocycles. The Morgan fingerprint density at radius 2 is 0.600 bits per heavy atom. The van der Waals surface area contributed by atoms with Crippen LogP contribution < -0.4 is 0 Å². The molecule has 4 aromatic carbocycles. The van der Waals surface area contributed by atoms with Crippen molar-refractivity contribution in [1.82, 2.24) is 0 Å². The summed E-state index contributed by atoms with van der Waals surface area (Å²) in [6.07, 6.45) is 0. The van der Waals surface area contributed by atoms with Gasteiger partial charge in [-0.25, -0.2) is 0 Å². The van der Waals surface area contributed by atoms with Gasteiger partial charge in [0.15, 0.2) is 0 Å². The summed E-state index contributed by atoms with van der Waals surface area (Å²) < 4.78 is 0. The Balaban J connectivity index is 0.000000172. The molecule has 0 spiro atoms. The molecule has 152 valence electrons. The average Bonchev–Trinajstić information content (AvgIpc) is 2.80. The van der Waals surface area contributed by atoms with E-state index < -0.39 is 0 Å². The zero-order chi connectivity index (χ0) is 21.0. The van der Waals surface area contributed by atoms with Crippen LogP contribution in [0, 0.1) is 13.8 Å². The van der Waals surface area contributed by atoms with E-state index in [1.165, 1.54) is 30.7 Å². The molecule has 0 saturated heterocycles. The Morgan fingerprint density at radius 3 is 0.900 bits per heavy atom. The molecule has 30 heavy (non-hydrogen) atoms. The first-order valence-electron chi connectivity index (χ1n) is 9.61. The molecule has 0 aromatic heterocycles. The molecule has 0 aliphatic carbocycles. The van der Waals surface area contributed by atoms with E-state index in [-0.39, 0.29) is 0 Å². The second-order valence-corrected chi connectivity index (χ2v) is 11.1. The first-order valence-corrected chi connectivity index (χ1v) is 13.9. The van der Waals surface area contributed by atoms with E-state index >= 15 is 0 Å². The third-order valence-electron chi connectivity index (χ3n) is 4.00. The molecule has 4 aromatic rings. The molecule has 0 radical (unpaired) electrons. The Hall–Kier alpha value is -1.72. The smallest absolute Gasteiger partial charge is 0.0186 e. The van der Waals surface area contributed by atoms with Crippen LogP contribution in [0.1, 0.15) is 11.1 Å². The van der Waals surface area contributed by atoms with Gasteiger partial charge in [-0.15, -0.1) is 0 Å². The largest absolute Gasteiger partial charge is 0.0622 e. The van der Waals surface area contributed by atoms with Gasteiger partial charge in [0.2, 0.25) is 0 Å². The fourth-order valence-corrected chi connectivity index (χ4v) is 6.24. The van der Waals surface area contributed by atoms with Gasteiger partial charge in [0.1, 0.15) is 0 Å². The standard InChI is InChI=1S/C14H14S2.C12H10S2/c1-11-3-7-13(8-4-11)15-16-14-9-5-12(2)6-10-14;1-3-7-11(8-4-1)13-14-12-9-5-2-6-10-12/h3-10H,1-2H3;1-10H. The van der Waals surface area contributed by atoms with Crippen molar-refractivity contribution >= 4 is 43.2 Å². The minimum absolute atomic E-state index is 1.29. The molecule has 0 atom stereocenters. The van der Waals surface area contributed by atoms with Gasteiger partial charge in [-0.05, 0) is 62.4 Å². The first-order chi connectivity index (χ1) is 14.7. The minimum Gasteiger partial charge on any atom is -0.0622 e. The fraction of sp³-hybridized carbons (Fsp3) is 0.0769. The Kier molecular flexibility index (Phi) is 9.84. The molecule has 0 bridgehead atoms. The molecule has 0 amide bonds.